The average Bonchev–Trinajstić information content (AvgIpc) is 2.74. The van der Waals surface area contributed by atoms with Gasteiger partial charge in [-0.1, -0.05) is 30.3 Å². The van der Waals surface area contributed by atoms with Crippen LogP contribution in [0, 0.1) is 6.92 Å². The Morgan fingerprint density at radius 1 is 1.04 bits per heavy atom. The van der Waals surface area contributed by atoms with Gasteiger partial charge in [0.05, 0.1) is 11.4 Å². The Kier molecular flexibility index (Phi) is 5.33. The number of anilines is 1. The van der Waals surface area contributed by atoms with Crippen molar-refractivity contribution in [1.29, 1.82) is 0 Å². The number of carbonyl (C=O) groups excluding carboxylic acids is 1. The van der Waals surface area contributed by atoms with Gasteiger partial charge in [0, 0.05) is 36.4 Å². The Bertz CT molecular complexity index is 951. The lowest BCUT2D eigenvalue weighted by atomic mass is 10.0. The number of carbonyl (C=O) groups is 1. The maximum absolute atomic E-state index is 12.5. The molecule has 0 atom stereocenters. The van der Waals surface area contributed by atoms with Crippen LogP contribution < -0.4 is 10.2 Å². The van der Waals surface area contributed by atoms with Crippen LogP contribution in [-0.2, 0) is 6.42 Å². The minimum absolute atomic E-state index is 0.0492. The third kappa shape index (κ3) is 4.03. The van der Waals surface area contributed by atoms with Crippen LogP contribution in [0.4, 0.5) is 5.69 Å². The molecule has 0 fully saturated rings. The van der Waals surface area contributed by atoms with Crippen molar-refractivity contribution < 1.29 is 4.79 Å². The highest BCUT2D eigenvalue weighted by Gasteiger charge is 2.16. The molecule has 2 heterocycles. The Morgan fingerprint density at radius 2 is 1.86 bits per heavy atom. The van der Waals surface area contributed by atoms with E-state index in [0.717, 1.165) is 42.9 Å². The summed E-state index contributed by atoms with van der Waals surface area (Å²) in [6, 6.07) is 19.9. The quantitative estimate of drug-likeness (QED) is 0.743. The maximum atomic E-state index is 12.5. The van der Waals surface area contributed by atoms with Gasteiger partial charge in [-0.2, -0.15) is 10.2 Å². The van der Waals surface area contributed by atoms with Crippen molar-refractivity contribution in [3.8, 4) is 11.3 Å². The first kappa shape index (κ1) is 18.2. The standard InChI is InChI=1S/C23H24N4O/c1-17-8-13-21(26-25-17)18-9-11-20(12-10-18)23(28)24-14-16-27-15-4-6-19-5-2-3-7-22(19)27/h2-3,5,7-13H,4,6,14-16H2,1H3,(H,24,28). The molecule has 0 saturated heterocycles. The molecule has 1 amide bonds. The number of fused-ring (bicyclic) bond motifs is 1. The highest BCUT2D eigenvalue weighted by atomic mass is 16.1. The molecule has 0 radical (unpaired) electrons. The number of rotatable bonds is 5. The largest absolute Gasteiger partial charge is 0.370 e. The minimum Gasteiger partial charge on any atom is -0.370 e. The SMILES string of the molecule is Cc1ccc(-c2ccc(C(=O)NCCN3CCCc4ccccc43)cc2)nn1. The van der Waals surface area contributed by atoms with E-state index in [-0.39, 0.29) is 5.91 Å². The van der Waals surface area contributed by atoms with Gasteiger partial charge < -0.3 is 10.2 Å². The van der Waals surface area contributed by atoms with Crippen molar-refractivity contribution in [3.63, 3.8) is 0 Å². The van der Waals surface area contributed by atoms with E-state index in [1.807, 2.05) is 43.3 Å². The number of benzene rings is 2. The highest BCUT2D eigenvalue weighted by molar-refractivity contribution is 5.94. The summed E-state index contributed by atoms with van der Waals surface area (Å²) in [5.74, 6) is -0.0492. The fraction of sp³-hybridized carbons (Fsp3) is 0.261. The summed E-state index contributed by atoms with van der Waals surface area (Å²) < 4.78 is 0. The lowest BCUT2D eigenvalue weighted by Crippen LogP contribution is -2.37. The molecule has 142 valence electrons. The van der Waals surface area contributed by atoms with Gasteiger partial charge in [0.2, 0.25) is 0 Å². The zero-order valence-electron chi connectivity index (χ0n) is 16.1. The van der Waals surface area contributed by atoms with Gasteiger partial charge in [-0.15, -0.1) is 0 Å². The zero-order chi connectivity index (χ0) is 19.3. The number of para-hydroxylation sites is 1. The van der Waals surface area contributed by atoms with Crippen LogP contribution in [0.5, 0.6) is 0 Å². The number of nitrogens with one attached hydrogen (secondary N) is 1. The monoisotopic (exact) mass is 372 g/mol. The number of amides is 1. The first-order chi connectivity index (χ1) is 13.7. The third-order valence-corrected chi connectivity index (χ3v) is 5.11. The highest BCUT2D eigenvalue weighted by Crippen LogP contribution is 2.26. The predicted molar refractivity (Wildman–Crippen MR) is 112 cm³/mol. The summed E-state index contributed by atoms with van der Waals surface area (Å²) in [6.07, 6.45) is 2.30. The topological polar surface area (TPSA) is 58.1 Å². The molecule has 0 bridgehead atoms. The number of aromatic nitrogens is 2. The first-order valence-corrected chi connectivity index (χ1v) is 9.72. The molecule has 1 aliphatic rings. The first-order valence-electron chi connectivity index (χ1n) is 9.72. The van der Waals surface area contributed by atoms with Crippen LogP contribution in [0.1, 0.15) is 28.0 Å². The molecule has 0 spiro atoms. The van der Waals surface area contributed by atoms with Crippen molar-refractivity contribution in [3.05, 3.63) is 77.5 Å². The molecule has 1 aromatic heterocycles. The van der Waals surface area contributed by atoms with Gasteiger partial charge in [-0.3, -0.25) is 4.79 Å². The normalized spacial score (nSPS) is 13.1. The van der Waals surface area contributed by atoms with Crippen LogP contribution in [0.25, 0.3) is 11.3 Å². The summed E-state index contributed by atoms with van der Waals surface area (Å²) in [6.45, 7) is 4.39. The fourth-order valence-electron chi connectivity index (χ4n) is 3.60. The van der Waals surface area contributed by atoms with Gasteiger partial charge in [0.25, 0.3) is 5.91 Å². The summed E-state index contributed by atoms with van der Waals surface area (Å²) in [5, 5.41) is 11.3. The molecule has 0 unspecified atom stereocenters. The predicted octanol–water partition coefficient (Wildman–Crippen LogP) is 3.63. The van der Waals surface area contributed by atoms with Gasteiger partial charge in [-0.05, 0) is 55.7 Å². The molecule has 5 heteroatoms. The molecule has 1 N–H and O–H groups in total. The van der Waals surface area contributed by atoms with Crippen molar-refractivity contribution in [2.75, 3.05) is 24.5 Å². The summed E-state index contributed by atoms with van der Waals surface area (Å²) in [4.78, 5) is 14.8. The minimum atomic E-state index is -0.0492. The summed E-state index contributed by atoms with van der Waals surface area (Å²) in [5.41, 5.74) is 6.00. The van der Waals surface area contributed by atoms with Crippen molar-refractivity contribution in [2.24, 2.45) is 0 Å². The molecule has 0 aliphatic carbocycles. The van der Waals surface area contributed by atoms with E-state index in [2.05, 4.69) is 44.7 Å². The average molecular weight is 372 g/mol. The van der Waals surface area contributed by atoms with E-state index in [1.165, 1.54) is 11.3 Å². The number of hydrogen-bond acceptors (Lipinski definition) is 4. The Morgan fingerprint density at radius 3 is 2.64 bits per heavy atom. The third-order valence-electron chi connectivity index (χ3n) is 5.11. The number of nitrogens with zero attached hydrogens (tertiary/aromatic N) is 3. The Labute approximate surface area is 165 Å². The van der Waals surface area contributed by atoms with Gasteiger partial charge in [0.1, 0.15) is 0 Å². The smallest absolute Gasteiger partial charge is 0.251 e. The van der Waals surface area contributed by atoms with Crippen molar-refractivity contribution in [2.45, 2.75) is 19.8 Å². The van der Waals surface area contributed by atoms with E-state index in [0.29, 0.717) is 12.1 Å². The number of hydrogen-bond donors (Lipinski definition) is 1. The fourth-order valence-corrected chi connectivity index (χ4v) is 3.60. The maximum Gasteiger partial charge on any atom is 0.251 e. The summed E-state index contributed by atoms with van der Waals surface area (Å²) in [7, 11) is 0. The second kappa shape index (κ2) is 8.21. The van der Waals surface area contributed by atoms with Gasteiger partial charge >= 0.3 is 0 Å². The van der Waals surface area contributed by atoms with E-state index < -0.39 is 0 Å². The molecule has 1 aliphatic heterocycles. The number of aryl methyl sites for hydroxylation is 2. The summed E-state index contributed by atoms with van der Waals surface area (Å²) >= 11 is 0. The lowest BCUT2D eigenvalue weighted by Gasteiger charge is -2.31. The van der Waals surface area contributed by atoms with Gasteiger partial charge in [0.15, 0.2) is 0 Å². The second-order valence-corrected chi connectivity index (χ2v) is 7.11. The van der Waals surface area contributed by atoms with Crippen molar-refractivity contribution in [1.82, 2.24) is 15.5 Å². The molecular weight excluding hydrogens is 348 g/mol. The van der Waals surface area contributed by atoms with Crippen molar-refractivity contribution >= 4 is 11.6 Å². The second-order valence-electron chi connectivity index (χ2n) is 7.11. The zero-order valence-corrected chi connectivity index (χ0v) is 16.1. The molecule has 3 aromatic rings. The molecular formula is C23H24N4O. The molecule has 4 rings (SSSR count). The lowest BCUT2D eigenvalue weighted by molar-refractivity contribution is 0.0954. The molecule has 0 saturated carbocycles. The van der Waals surface area contributed by atoms with E-state index in [4.69, 9.17) is 0 Å². The van der Waals surface area contributed by atoms with E-state index >= 15 is 0 Å². The Hall–Kier alpha value is -3.21. The van der Waals surface area contributed by atoms with E-state index in [9.17, 15) is 4.79 Å². The van der Waals surface area contributed by atoms with E-state index in [1.54, 1.807) is 0 Å². The van der Waals surface area contributed by atoms with Crippen LogP contribution in [0.15, 0.2) is 60.7 Å². The molecule has 28 heavy (non-hydrogen) atoms. The van der Waals surface area contributed by atoms with Gasteiger partial charge in [-0.25, -0.2) is 0 Å². The van der Waals surface area contributed by atoms with Crippen LogP contribution in [-0.4, -0.2) is 35.7 Å². The molecule has 5 nitrogen and oxygen atoms in total. The Balaban J connectivity index is 1.34. The van der Waals surface area contributed by atoms with Crippen LogP contribution >= 0.6 is 0 Å². The van der Waals surface area contributed by atoms with Crippen LogP contribution in [0.2, 0.25) is 0 Å². The van der Waals surface area contributed by atoms with Crippen LogP contribution in [0.3, 0.4) is 0 Å². The molecule has 2 aromatic carbocycles.